The Bertz CT molecular complexity index is 179. The lowest BCUT2D eigenvalue weighted by Gasteiger charge is -2.17. The average molecular weight is 195 g/mol. The number of rotatable bonds is 6. The Hall–Kier alpha value is -0.520. The van der Waals surface area contributed by atoms with Gasteiger partial charge in [-0.3, -0.25) is 0 Å². The first-order valence-electron chi connectivity index (χ1n) is 5.65. The van der Waals surface area contributed by atoms with Gasteiger partial charge in [0.05, 0.1) is 6.10 Å². The van der Waals surface area contributed by atoms with Crippen molar-refractivity contribution in [3.05, 3.63) is 0 Å². The Morgan fingerprint density at radius 3 is 3.07 bits per heavy atom. The molecular weight excluding hydrogens is 174 g/mol. The summed E-state index contributed by atoms with van der Waals surface area (Å²) in [4.78, 5) is 0. The molecule has 1 N–H and O–H groups in total. The Kier molecular flexibility index (Phi) is 5.66. The van der Waals surface area contributed by atoms with Crippen LogP contribution in [0, 0.1) is 12.3 Å². The molecule has 0 aromatic rings. The van der Waals surface area contributed by atoms with Crippen LogP contribution in [0.1, 0.15) is 39.0 Å². The van der Waals surface area contributed by atoms with E-state index in [4.69, 9.17) is 11.2 Å². The van der Waals surface area contributed by atoms with Gasteiger partial charge in [-0.1, -0.05) is 6.92 Å². The topological polar surface area (TPSA) is 21.3 Å². The molecule has 1 aliphatic rings. The average Bonchev–Trinajstić information content (AvgIpc) is 2.67. The van der Waals surface area contributed by atoms with Crippen LogP contribution in [0.15, 0.2) is 0 Å². The first kappa shape index (κ1) is 11.6. The molecule has 0 saturated carbocycles. The second-order valence-electron chi connectivity index (χ2n) is 3.88. The zero-order valence-electron chi connectivity index (χ0n) is 9.09. The number of hydrogen-bond donors (Lipinski definition) is 1. The molecule has 1 heterocycles. The summed E-state index contributed by atoms with van der Waals surface area (Å²) in [5.74, 6) is 2.72. The molecule has 80 valence electrons. The van der Waals surface area contributed by atoms with Crippen molar-refractivity contribution >= 4 is 0 Å². The molecule has 0 spiro atoms. The van der Waals surface area contributed by atoms with Crippen LogP contribution in [-0.4, -0.2) is 25.3 Å². The van der Waals surface area contributed by atoms with E-state index in [1.807, 2.05) is 0 Å². The van der Waals surface area contributed by atoms with Gasteiger partial charge < -0.3 is 10.1 Å². The normalized spacial score (nSPS) is 23.3. The molecule has 1 aliphatic heterocycles. The van der Waals surface area contributed by atoms with E-state index < -0.39 is 0 Å². The largest absolute Gasteiger partial charge is 0.378 e. The Balaban J connectivity index is 2.14. The fourth-order valence-electron chi connectivity index (χ4n) is 1.97. The van der Waals surface area contributed by atoms with Gasteiger partial charge in [-0.2, -0.15) is 0 Å². The summed E-state index contributed by atoms with van der Waals surface area (Å²) in [5, 5.41) is 3.41. The predicted molar refractivity (Wildman–Crippen MR) is 59.1 cm³/mol. The summed E-state index contributed by atoms with van der Waals surface area (Å²) in [6.07, 6.45) is 11.4. The zero-order chi connectivity index (χ0) is 10.2. The molecule has 0 aromatic carbocycles. The fourth-order valence-corrected chi connectivity index (χ4v) is 1.97. The lowest BCUT2D eigenvalue weighted by Crippen LogP contribution is -2.29. The molecule has 0 amide bonds. The van der Waals surface area contributed by atoms with Crippen molar-refractivity contribution in [3.63, 3.8) is 0 Å². The minimum Gasteiger partial charge on any atom is -0.378 e. The summed E-state index contributed by atoms with van der Waals surface area (Å²) in [6, 6.07) is 0.481. The van der Waals surface area contributed by atoms with E-state index in [-0.39, 0.29) is 0 Å². The maximum atomic E-state index is 5.58. The molecule has 0 radical (unpaired) electrons. The molecule has 1 saturated heterocycles. The molecule has 14 heavy (non-hydrogen) atoms. The Morgan fingerprint density at radius 1 is 1.64 bits per heavy atom. The highest BCUT2D eigenvalue weighted by atomic mass is 16.5. The van der Waals surface area contributed by atoms with Gasteiger partial charge in [-0.15, -0.1) is 12.3 Å². The minimum absolute atomic E-state index is 0.481. The van der Waals surface area contributed by atoms with Crippen LogP contribution < -0.4 is 5.32 Å². The van der Waals surface area contributed by atoms with Crippen LogP contribution in [0.25, 0.3) is 0 Å². The lowest BCUT2D eigenvalue weighted by molar-refractivity contribution is 0.0998. The second kappa shape index (κ2) is 6.86. The molecule has 0 aromatic heterocycles. The first-order chi connectivity index (χ1) is 6.86. The van der Waals surface area contributed by atoms with Gasteiger partial charge in [0.15, 0.2) is 0 Å². The third-order valence-electron chi connectivity index (χ3n) is 2.72. The monoisotopic (exact) mass is 195 g/mol. The molecule has 2 atom stereocenters. The fraction of sp³-hybridized carbons (Fsp3) is 0.833. The van der Waals surface area contributed by atoms with Crippen molar-refractivity contribution in [1.82, 2.24) is 5.32 Å². The summed E-state index contributed by atoms with van der Waals surface area (Å²) >= 11 is 0. The number of terminal acetylenes is 1. The van der Waals surface area contributed by atoms with Gasteiger partial charge in [-0.25, -0.2) is 0 Å². The van der Waals surface area contributed by atoms with E-state index >= 15 is 0 Å². The number of nitrogens with one attached hydrogen (secondary N) is 1. The van der Waals surface area contributed by atoms with E-state index in [0.717, 1.165) is 32.4 Å². The SMILES string of the molecule is C#CCC(CCC1CCCO1)NCC. The highest BCUT2D eigenvalue weighted by molar-refractivity contribution is 4.90. The van der Waals surface area contributed by atoms with Crippen LogP contribution >= 0.6 is 0 Å². The summed E-state index contributed by atoms with van der Waals surface area (Å²) in [5.41, 5.74) is 0. The molecule has 1 rings (SSSR count). The standard InChI is InChI=1S/C12H21NO/c1-3-6-11(13-4-2)8-9-12-7-5-10-14-12/h1,11-13H,4-10H2,2H3. The van der Waals surface area contributed by atoms with Crippen LogP contribution in [0.4, 0.5) is 0 Å². The smallest absolute Gasteiger partial charge is 0.0576 e. The minimum atomic E-state index is 0.481. The molecule has 0 aliphatic carbocycles. The van der Waals surface area contributed by atoms with Crippen molar-refractivity contribution in [2.45, 2.75) is 51.2 Å². The maximum Gasteiger partial charge on any atom is 0.0576 e. The van der Waals surface area contributed by atoms with Gasteiger partial charge in [0, 0.05) is 19.1 Å². The Morgan fingerprint density at radius 2 is 2.50 bits per heavy atom. The highest BCUT2D eigenvalue weighted by Gasteiger charge is 2.16. The predicted octanol–water partition coefficient (Wildman–Crippen LogP) is 1.95. The summed E-state index contributed by atoms with van der Waals surface area (Å²) < 4.78 is 5.58. The van der Waals surface area contributed by atoms with Crippen LogP contribution in [-0.2, 0) is 4.74 Å². The van der Waals surface area contributed by atoms with Crippen molar-refractivity contribution in [1.29, 1.82) is 0 Å². The summed E-state index contributed by atoms with van der Waals surface area (Å²) in [7, 11) is 0. The third-order valence-corrected chi connectivity index (χ3v) is 2.72. The van der Waals surface area contributed by atoms with Gasteiger partial charge in [0.2, 0.25) is 0 Å². The van der Waals surface area contributed by atoms with E-state index in [0.29, 0.717) is 12.1 Å². The number of hydrogen-bond acceptors (Lipinski definition) is 2. The first-order valence-corrected chi connectivity index (χ1v) is 5.65. The number of ether oxygens (including phenoxy) is 1. The molecule has 0 bridgehead atoms. The second-order valence-corrected chi connectivity index (χ2v) is 3.88. The van der Waals surface area contributed by atoms with E-state index in [1.54, 1.807) is 0 Å². The van der Waals surface area contributed by atoms with Gasteiger partial charge >= 0.3 is 0 Å². The quantitative estimate of drug-likeness (QED) is 0.654. The van der Waals surface area contributed by atoms with Crippen molar-refractivity contribution < 1.29 is 4.74 Å². The van der Waals surface area contributed by atoms with Crippen LogP contribution in [0.2, 0.25) is 0 Å². The summed E-state index contributed by atoms with van der Waals surface area (Å²) in [6.45, 7) is 4.07. The molecule has 2 unspecified atom stereocenters. The highest BCUT2D eigenvalue weighted by Crippen LogP contribution is 2.18. The van der Waals surface area contributed by atoms with E-state index in [1.165, 1.54) is 12.8 Å². The zero-order valence-corrected chi connectivity index (χ0v) is 9.09. The van der Waals surface area contributed by atoms with Crippen molar-refractivity contribution in [2.75, 3.05) is 13.2 Å². The van der Waals surface area contributed by atoms with Crippen molar-refractivity contribution in [2.24, 2.45) is 0 Å². The van der Waals surface area contributed by atoms with Gasteiger partial charge in [-0.05, 0) is 32.2 Å². The molecule has 2 heteroatoms. The molecule has 1 fully saturated rings. The van der Waals surface area contributed by atoms with Gasteiger partial charge in [0.25, 0.3) is 0 Å². The Labute approximate surface area is 87.4 Å². The van der Waals surface area contributed by atoms with E-state index in [9.17, 15) is 0 Å². The lowest BCUT2D eigenvalue weighted by atomic mass is 10.0. The van der Waals surface area contributed by atoms with Gasteiger partial charge in [0.1, 0.15) is 0 Å². The molecule has 2 nitrogen and oxygen atoms in total. The van der Waals surface area contributed by atoms with E-state index in [2.05, 4.69) is 18.2 Å². The van der Waals surface area contributed by atoms with Crippen molar-refractivity contribution in [3.8, 4) is 12.3 Å². The van der Waals surface area contributed by atoms with Crippen LogP contribution in [0.5, 0.6) is 0 Å². The van der Waals surface area contributed by atoms with Crippen LogP contribution in [0.3, 0.4) is 0 Å². The third kappa shape index (κ3) is 4.13. The molecular formula is C12H21NO. The maximum absolute atomic E-state index is 5.58.